The molecule has 3 aromatic rings. The van der Waals surface area contributed by atoms with E-state index in [1.54, 1.807) is 18.0 Å². The summed E-state index contributed by atoms with van der Waals surface area (Å²) < 4.78 is 9.00. The van der Waals surface area contributed by atoms with Crippen LogP contribution in [0.2, 0.25) is 5.02 Å². The van der Waals surface area contributed by atoms with Crippen LogP contribution in [0.1, 0.15) is 69.1 Å². The maximum absolute atomic E-state index is 6.54. The number of hydrogen-bond donors (Lipinski definition) is 2. The highest BCUT2D eigenvalue weighted by Gasteiger charge is 2.33. The summed E-state index contributed by atoms with van der Waals surface area (Å²) in [7, 11) is 0. The number of halogens is 1. The van der Waals surface area contributed by atoms with E-state index in [1.165, 1.54) is 55.5 Å². The van der Waals surface area contributed by atoms with Crippen molar-refractivity contribution in [3.05, 3.63) is 58.2 Å². The molecule has 0 amide bonds. The lowest BCUT2D eigenvalue weighted by Gasteiger charge is -2.33. The molecule has 2 aliphatic heterocycles. The van der Waals surface area contributed by atoms with Gasteiger partial charge in [0.15, 0.2) is 5.82 Å². The van der Waals surface area contributed by atoms with Crippen LogP contribution in [0.4, 0.5) is 23.1 Å². The zero-order chi connectivity index (χ0) is 27.8. The first-order valence-electron chi connectivity index (χ1n) is 14.4. The molecule has 212 valence electrons. The van der Waals surface area contributed by atoms with Crippen LogP contribution >= 0.6 is 35.3 Å². The maximum atomic E-state index is 6.54. The summed E-state index contributed by atoms with van der Waals surface area (Å²) in [5.74, 6) is 2.60. The molecule has 1 saturated heterocycles. The van der Waals surface area contributed by atoms with Crippen LogP contribution in [0.25, 0.3) is 0 Å². The second kappa shape index (κ2) is 12.0. The quantitative estimate of drug-likeness (QED) is 0.188. The van der Waals surface area contributed by atoms with Crippen molar-refractivity contribution in [2.45, 2.75) is 87.2 Å². The molecule has 1 aromatic heterocycles. The Morgan fingerprint density at radius 2 is 1.85 bits per heavy atom. The van der Waals surface area contributed by atoms with Crippen molar-refractivity contribution in [2.75, 3.05) is 23.7 Å². The highest BCUT2D eigenvalue weighted by molar-refractivity contribution is 8.00. The van der Waals surface area contributed by atoms with Crippen LogP contribution < -0.4 is 15.4 Å². The van der Waals surface area contributed by atoms with Gasteiger partial charge in [-0.15, -0.1) is 11.8 Å². The van der Waals surface area contributed by atoms with Crippen LogP contribution in [0.15, 0.2) is 41.4 Å². The maximum Gasteiger partial charge on any atom is 0.229 e. The van der Waals surface area contributed by atoms with Gasteiger partial charge < -0.3 is 15.4 Å². The summed E-state index contributed by atoms with van der Waals surface area (Å²) in [5, 5.41) is 8.72. The molecule has 3 heterocycles. The number of nitrogens with zero attached hydrogens (tertiary/aromatic N) is 3. The number of para-hydroxylation sites is 1. The molecule has 6 nitrogen and oxygen atoms in total. The van der Waals surface area contributed by atoms with Gasteiger partial charge in [0, 0.05) is 40.5 Å². The minimum Gasteiger partial charge on any atom is -0.488 e. The fourth-order valence-corrected chi connectivity index (χ4v) is 7.97. The number of fused-ring (bicyclic) bond motifs is 1. The summed E-state index contributed by atoms with van der Waals surface area (Å²) in [4.78, 5) is 10.4. The molecule has 1 aliphatic carbocycles. The molecule has 0 spiro atoms. The van der Waals surface area contributed by atoms with Gasteiger partial charge in [-0.2, -0.15) is 4.98 Å². The van der Waals surface area contributed by atoms with E-state index >= 15 is 0 Å². The summed E-state index contributed by atoms with van der Waals surface area (Å²) in [6, 6.07) is 10.5. The van der Waals surface area contributed by atoms with Gasteiger partial charge in [0.1, 0.15) is 16.9 Å². The lowest BCUT2D eigenvalue weighted by Crippen LogP contribution is -2.28. The van der Waals surface area contributed by atoms with E-state index in [1.807, 2.05) is 6.07 Å². The number of benzene rings is 2. The van der Waals surface area contributed by atoms with Crippen LogP contribution in [0, 0.1) is 6.92 Å². The molecule has 1 unspecified atom stereocenters. The van der Waals surface area contributed by atoms with Crippen molar-refractivity contribution in [2.24, 2.45) is 0 Å². The van der Waals surface area contributed by atoms with Crippen LogP contribution in [0.5, 0.6) is 5.75 Å². The molecule has 2 aromatic carbocycles. The molecule has 2 N–H and O–H groups in total. The lowest BCUT2D eigenvalue weighted by molar-refractivity contribution is 0.256. The zero-order valence-corrected chi connectivity index (χ0v) is 26.1. The van der Waals surface area contributed by atoms with Gasteiger partial charge >= 0.3 is 0 Å². The van der Waals surface area contributed by atoms with Crippen molar-refractivity contribution in [3.8, 4) is 5.75 Å². The van der Waals surface area contributed by atoms with Gasteiger partial charge in [-0.3, -0.25) is 4.31 Å². The Labute approximate surface area is 251 Å². The van der Waals surface area contributed by atoms with Gasteiger partial charge in [0.25, 0.3) is 0 Å². The Morgan fingerprint density at radius 1 is 1.07 bits per heavy atom. The summed E-state index contributed by atoms with van der Waals surface area (Å²) >= 11 is 10.4. The van der Waals surface area contributed by atoms with Crippen LogP contribution in [0.3, 0.4) is 0 Å². The fourth-order valence-electron chi connectivity index (χ4n) is 5.74. The van der Waals surface area contributed by atoms with Crippen molar-refractivity contribution >= 4 is 58.5 Å². The molecule has 3 aliphatic rings. The third-order valence-corrected chi connectivity index (χ3v) is 10.4. The minimum atomic E-state index is 0.153. The number of piperidine rings is 1. The largest absolute Gasteiger partial charge is 0.488 e. The number of thioether (sulfide) groups is 1. The molecule has 1 atom stereocenters. The van der Waals surface area contributed by atoms with E-state index in [-0.39, 0.29) is 6.10 Å². The molecular weight excluding hydrogens is 558 g/mol. The predicted octanol–water partition coefficient (Wildman–Crippen LogP) is 8.74. The second-order valence-electron chi connectivity index (χ2n) is 11.4. The number of anilines is 4. The minimum absolute atomic E-state index is 0.153. The highest BCUT2D eigenvalue weighted by atomic mass is 35.5. The van der Waals surface area contributed by atoms with Crippen molar-refractivity contribution in [1.82, 2.24) is 14.3 Å². The van der Waals surface area contributed by atoms with Gasteiger partial charge in [0.05, 0.1) is 17.6 Å². The average Bonchev–Trinajstić information content (AvgIpc) is 3.65. The van der Waals surface area contributed by atoms with E-state index in [2.05, 4.69) is 83.8 Å². The predicted molar refractivity (Wildman–Crippen MR) is 170 cm³/mol. The average molecular weight is 596 g/mol. The fraction of sp³-hybridized carbons (Fsp3) is 0.484. The summed E-state index contributed by atoms with van der Waals surface area (Å²) in [6.07, 6.45) is 7.94. The Bertz CT molecular complexity index is 1370. The van der Waals surface area contributed by atoms with E-state index in [0.717, 1.165) is 33.7 Å². The zero-order valence-electron chi connectivity index (χ0n) is 23.7. The summed E-state index contributed by atoms with van der Waals surface area (Å²) in [6.45, 7) is 11.1. The van der Waals surface area contributed by atoms with Gasteiger partial charge in [0.2, 0.25) is 5.95 Å². The van der Waals surface area contributed by atoms with Gasteiger partial charge in [-0.05, 0) is 74.8 Å². The normalized spacial score (nSPS) is 19.5. The molecule has 9 heteroatoms. The monoisotopic (exact) mass is 595 g/mol. The Hall–Kier alpha value is -2.13. The highest BCUT2D eigenvalue weighted by Crippen LogP contribution is 2.47. The van der Waals surface area contributed by atoms with E-state index in [0.29, 0.717) is 28.0 Å². The topological polar surface area (TPSA) is 62.3 Å². The Morgan fingerprint density at radius 3 is 2.60 bits per heavy atom. The van der Waals surface area contributed by atoms with Crippen LogP contribution in [-0.4, -0.2) is 44.0 Å². The van der Waals surface area contributed by atoms with E-state index in [9.17, 15) is 0 Å². The van der Waals surface area contributed by atoms with E-state index in [4.69, 9.17) is 21.3 Å². The number of rotatable bonds is 9. The summed E-state index contributed by atoms with van der Waals surface area (Å²) in [5.41, 5.74) is 6.08. The van der Waals surface area contributed by atoms with Crippen molar-refractivity contribution in [3.63, 3.8) is 0 Å². The molecule has 0 radical (unpaired) electrons. The first kappa shape index (κ1) is 28.0. The number of hydrogen-bond acceptors (Lipinski definition) is 8. The molecule has 1 saturated carbocycles. The lowest BCUT2D eigenvalue weighted by atomic mass is 9.83. The Kier molecular flexibility index (Phi) is 8.40. The molecular formula is C31H38ClN5OS2. The second-order valence-corrected chi connectivity index (χ2v) is 14.8. The number of ether oxygens (including phenoxy) is 1. The molecule has 6 rings (SSSR count). The smallest absolute Gasteiger partial charge is 0.229 e. The third kappa shape index (κ3) is 6.35. The van der Waals surface area contributed by atoms with Crippen LogP contribution in [-0.2, 0) is 6.42 Å². The van der Waals surface area contributed by atoms with Gasteiger partial charge in [-0.25, -0.2) is 4.98 Å². The first-order valence-corrected chi connectivity index (χ1v) is 16.5. The standard InChI is InChI=1S/C31H38ClN5OS2/c1-18(2)39-27-8-6-5-7-25(27)34-30-24(32)17-33-31(36-30)35-26-15-19(3)28(23-16-20(4)38-29(23)26)21-11-13-37(14-12-21)40-22-9-10-22/h5-8,15,17-18,20-22H,9-14,16H2,1-4H3,(H2,33,34,35,36). The molecule has 0 bridgehead atoms. The van der Waals surface area contributed by atoms with Gasteiger partial charge in [-0.1, -0.05) is 49.5 Å². The molecule has 40 heavy (non-hydrogen) atoms. The Balaban J connectivity index is 1.24. The van der Waals surface area contributed by atoms with Crippen molar-refractivity contribution in [1.29, 1.82) is 0 Å². The van der Waals surface area contributed by atoms with E-state index < -0.39 is 0 Å². The number of nitrogens with one attached hydrogen (secondary N) is 2. The first-order chi connectivity index (χ1) is 19.3. The number of aryl methyl sites for hydroxylation is 1. The third-order valence-electron chi connectivity index (χ3n) is 7.62. The van der Waals surface area contributed by atoms with Crippen molar-refractivity contribution < 1.29 is 4.74 Å². The SMILES string of the molecule is Cc1cc(Nc2ncc(Cl)c(Nc3ccccc3SC(C)C)n2)c2c(c1C1CCN(SC3CC3)CC1)CC(C)O2. The number of aromatic nitrogens is 2. The molecule has 2 fully saturated rings.